The van der Waals surface area contributed by atoms with Gasteiger partial charge in [0, 0.05) is 58.1 Å². The van der Waals surface area contributed by atoms with Crippen molar-refractivity contribution in [3.63, 3.8) is 0 Å². The Morgan fingerprint density at radius 1 is 0.830 bits per heavy atom. The van der Waals surface area contributed by atoms with Crippen molar-refractivity contribution in [2.75, 3.05) is 13.7 Å². The number of aliphatic hydroxyl groups is 1. The van der Waals surface area contributed by atoms with Crippen LogP contribution in [0.25, 0.3) is 0 Å². The largest absolute Gasteiger partial charge is 0.392 e. The van der Waals surface area contributed by atoms with E-state index >= 15 is 0 Å². The lowest BCUT2D eigenvalue weighted by molar-refractivity contribution is -0.292. The van der Waals surface area contributed by atoms with Crippen LogP contribution >= 0.6 is 0 Å². The first-order chi connectivity index (χ1) is 25.4. The summed E-state index contributed by atoms with van der Waals surface area (Å²) in [6, 6.07) is 0. The number of fused-ring (bicyclic) bond motifs is 6. The van der Waals surface area contributed by atoms with Crippen molar-refractivity contribution in [3.05, 3.63) is 12.2 Å². The molecule has 19 atom stereocenters. The molecule has 0 aliphatic carbocycles. The fraction of sp³-hybridized carbons (Fsp3) is 0.927. The van der Waals surface area contributed by atoms with Crippen molar-refractivity contribution in [3.8, 4) is 0 Å². The molecule has 3 N–H and O–H groups in total. The first-order valence-corrected chi connectivity index (χ1v) is 20.8. The third-order valence-corrected chi connectivity index (χ3v) is 14.7. The maximum atomic E-state index is 14.1. The summed E-state index contributed by atoms with van der Waals surface area (Å²) in [5.74, 6) is -0.575. The van der Waals surface area contributed by atoms with Crippen LogP contribution in [0.15, 0.2) is 12.2 Å². The summed E-state index contributed by atoms with van der Waals surface area (Å²) in [4.78, 5) is 14.1. The van der Waals surface area contributed by atoms with Crippen molar-refractivity contribution in [1.29, 1.82) is 0 Å². The third kappa shape index (κ3) is 6.91. The second-order valence-corrected chi connectivity index (χ2v) is 18.8. The molecule has 12 bridgehead atoms. The SMILES string of the molecule is C=C1C2C[C@@H]3O[C@H](C[C@H](O)CN)[C@H](OC)C3CC(=O)C[C@H]3CC[C@@H]4O[C@@H]5[C@H]6OC7C[C@](CC[C@H]8CC(C)(C)C(CCC(C[C@H]1C)O2)O8)(O[C@H]6[C@H]4O3)O[C@@H]75. The first-order valence-electron chi connectivity index (χ1n) is 20.8. The molecule has 10 aliphatic heterocycles. The quantitative estimate of drug-likeness (QED) is 0.403. The predicted molar refractivity (Wildman–Crippen MR) is 191 cm³/mol. The van der Waals surface area contributed by atoms with Gasteiger partial charge in [0.1, 0.15) is 36.3 Å². The normalized spacial score (nSPS) is 52.6. The minimum Gasteiger partial charge on any atom is -0.392 e. The summed E-state index contributed by atoms with van der Waals surface area (Å²) in [7, 11) is 1.67. The van der Waals surface area contributed by atoms with Gasteiger partial charge in [-0.3, -0.25) is 4.79 Å². The Morgan fingerprint density at radius 3 is 2.42 bits per heavy atom. The van der Waals surface area contributed by atoms with E-state index in [0.29, 0.717) is 25.2 Å². The van der Waals surface area contributed by atoms with E-state index in [-0.39, 0.29) is 122 Å². The van der Waals surface area contributed by atoms with E-state index in [4.69, 9.17) is 48.4 Å². The van der Waals surface area contributed by atoms with Gasteiger partial charge in [-0.15, -0.1) is 0 Å². The second-order valence-electron chi connectivity index (χ2n) is 18.8. The van der Waals surface area contributed by atoms with Crippen LogP contribution in [0.5, 0.6) is 0 Å². The fourth-order valence-electron chi connectivity index (χ4n) is 11.8. The van der Waals surface area contributed by atoms with E-state index < -0.39 is 18.0 Å². The number of ether oxygens (including phenoxy) is 9. The van der Waals surface area contributed by atoms with Crippen LogP contribution in [0.4, 0.5) is 0 Å². The number of hydrogen-bond donors (Lipinski definition) is 2. The highest BCUT2D eigenvalue weighted by Crippen LogP contribution is 2.55. The highest BCUT2D eigenvalue weighted by Gasteiger charge is 2.69. The van der Waals surface area contributed by atoms with Gasteiger partial charge in [-0.1, -0.05) is 27.4 Å². The molecular formula is C41H63NO11. The maximum absolute atomic E-state index is 14.1. The van der Waals surface area contributed by atoms with Gasteiger partial charge in [0.15, 0.2) is 5.79 Å². The molecule has 12 heteroatoms. The Morgan fingerprint density at radius 2 is 1.60 bits per heavy atom. The number of methoxy groups -OCH3 is 1. The number of aliphatic hydroxyl groups excluding tert-OH is 1. The number of rotatable bonds is 4. The molecule has 10 fully saturated rings. The molecule has 12 nitrogen and oxygen atoms in total. The van der Waals surface area contributed by atoms with Crippen molar-refractivity contribution in [1.82, 2.24) is 0 Å². The number of carbonyl (C=O) groups is 1. The van der Waals surface area contributed by atoms with Gasteiger partial charge in [0.25, 0.3) is 0 Å². The minimum absolute atomic E-state index is 0.0349. The molecule has 0 amide bonds. The monoisotopic (exact) mass is 745 g/mol. The van der Waals surface area contributed by atoms with E-state index in [2.05, 4.69) is 27.4 Å². The summed E-state index contributed by atoms with van der Waals surface area (Å²) in [6.07, 6.45) is 5.64. The molecule has 10 saturated heterocycles. The summed E-state index contributed by atoms with van der Waals surface area (Å²) in [6.45, 7) is 11.5. The summed E-state index contributed by atoms with van der Waals surface area (Å²) in [5.41, 5.74) is 6.94. The Hall–Kier alpha value is -1.03. The number of carbonyl (C=O) groups excluding carboxylic acids is 1. The lowest BCUT2D eigenvalue weighted by Gasteiger charge is -2.47. The van der Waals surface area contributed by atoms with Crippen molar-refractivity contribution in [2.45, 2.75) is 208 Å². The molecule has 10 aliphatic rings. The Bertz CT molecular complexity index is 1380. The van der Waals surface area contributed by atoms with Gasteiger partial charge in [0.2, 0.25) is 0 Å². The zero-order valence-corrected chi connectivity index (χ0v) is 32.1. The van der Waals surface area contributed by atoms with Crippen LogP contribution in [-0.4, -0.2) is 128 Å². The Kier molecular flexibility index (Phi) is 10.2. The van der Waals surface area contributed by atoms with Crippen LogP contribution in [-0.2, 0) is 47.4 Å². The summed E-state index contributed by atoms with van der Waals surface area (Å²) >= 11 is 0. The zero-order valence-electron chi connectivity index (χ0n) is 32.1. The van der Waals surface area contributed by atoms with Crippen molar-refractivity contribution >= 4 is 5.78 Å². The molecule has 0 aromatic heterocycles. The Balaban J connectivity index is 1.00. The third-order valence-electron chi connectivity index (χ3n) is 14.7. The summed E-state index contributed by atoms with van der Waals surface area (Å²) in [5, 5.41) is 10.6. The van der Waals surface area contributed by atoms with Gasteiger partial charge in [-0.2, -0.15) is 0 Å². The number of hydrogen-bond acceptors (Lipinski definition) is 12. The molecule has 10 rings (SSSR count). The van der Waals surface area contributed by atoms with Gasteiger partial charge in [-0.05, 0) is 61.9 Å². The lowest BCUT2D eigenvalue weighted by Crippen LogP contribution is -2.61. The van der Waals surface area contributed by atoms with Crippen LogP contribution in [0.2, 0.25) is 0 Å². The van der Waals surface area contributed by atoms with Gasteiger partial charge in [-0.25, -0.2) is 0 Å². The van der Waals surface area contributed by atoms with Gasteiger partial charge in [0.05, 0.1) is 67.1 Å². The van der Waals surface area contributed by atoms with Crippen LogP contribution < -0.4 is 5.73 Å². The molecule has 298 valence electrons. The molecule has 0 aromatic carbocycles. The van der Waals surface area contributed by atoms with Crippen molar-refractivity contribution in [2.24, 2.45) is 23.0 Å². The van der Waals surface area contributed by atoms with E-state index in [0.717, 1.165) is 56.9 Å². The smallest absolute Gasteiger partial charge is 0.172 e. The van der Waals surface area contributed by atoms with E-state index in [9.17, 15) is 9.90 Å². The van der Waals surface area contributed by atoms with Crippen LogP contribution in [0, 0.1) is 17.3 Å². The molecule has 0 radical (unpaired) electrons. The molecule has 0 saturated carbocycles. The van der Waals surface area contributed by atoms with E-state index in [1.54, 1.807) is 7.11 Å². The van der Waals surface area contributed by atoms with Crippen molar-refractivity contribution < 1.29 is 52.5 Å². The van der Waals surface area contributed by atoms with E-state index in [1.165, 1.54) is 0 Å². The van der Waals surface area contributed by atoms with Crippen LogP contribution in [0.1, 0.15) is 104 Å². The number of ketones is 1. The first kappa shape index (κ1) is 37.5. The maximum Gasteiger partial charge on any atom is 0.172 e. The summed E-state index contributed by atoms with van der Waals surface area (Å²) < 4.78 is 60.5. The van der Waals surface area contributed by atoms with E-state index in [1.807, 2.05) is 0 Å². The molecule has 10 heterocycles. The number of nitrogens with two attached hydrogens (primary N) is 1. The molecular weight excluding hydrogens is 682 g/mol. The minimum atomic E-state index is -0.763. The molecule has 0 aromatic rings. The Labute approximate surface area is 314 Å². The lowest BCUT2D eigenvalue weighted by atomic mass is 9.79. The second kappa shape index (κ2) is 14.4. The molecule has 1 spiro atoms. The van der Waals surface area contributed by atoms with Gasteiger partial charge < -0.3 is 53.5 Å². The molecule has 53 heavy (non-hydrogen) atoms. The molecule has 5 unspecified atom stereocenters. The zero-order chi connectivity index (χ0) is 36.8. The topological polar surface area (TPSA) is 146 Å². The standard InChI is InChI=1S/C41H63NO11/c1-20-12-24-7-9-33-40(3,4)17-26(47-33)10-11-41-18-32-36(52-41)37-38(51-32)39(53-41)35-28(50-37)8-6-25(48-35)13-22(43)14-27-30(16-29(46-24)21(20)2)49-31(34(27)45-5)15-23(44)19-42/h20,23-39,44H,2,6-19,42H2,1,3-5H3/t20-,23+,24?,25-,26+,27?,28+,29?,30+,31-,32?,33?,34-,35+,36+,37+,38-,39+,41+/m1/s1. The van der Waals surface area contributed by atoms with Crippen LogP contribution in [0.3, 0.4) is 0 Å². The average Bonchev–Trinajstić information content (AvgIpc) is 3.77. The highest BCUT2D eigenvalue weighted by atomic mass is 16.8. The number of Topliss-reactive ketones (excluding diaryl/α,β-unsaturated/α-hetero) is 1. The fourth-order valence-corrected chi connectivity index (χ4v) is 11.8. The average molecular weight is 746 g/mol. The predicted octanol–water partition coefficient (Wildman–Crippen LogP) is 3.91. The van der Waals surface area contributed by atoms with Gasteiger partial charge >= 0.3 is 0 Å². The highest BCUT2D eigenvalue weighted by molar-refractivity contribution is 5.79.